The van der Waals surface area contributed by atoms with Crippen LogP contribution in [0.4, 0.5) is 0 Å². The number of methoxy groups -OCH3 is 1. The monoisotopic (exact) mass is 312 g/mol. The van der Waals surface area contributed by atoms with Crippen LogP contribution >= 0.6 is 0 Å². The standard InChI is InChI=1S/C17H16N2O4/c1-22-16(20)12-23-15-9-7-13(8-10-15)11-18-19-17(21)14-5-3-2-4-6-14/h2-11H,12H2,1H3,(H,19,21)/b18-11+. The van der Waals surface area contributed by atoms with Crippen LogP contribution in [0.15, 0.2) is 59.7 Å². The summed E-state index contributed by atoms with van der Waals surface area (Å²) in [7, 11) is 1.30. The van der Waals surface area contributed by atoms with Crippen LogP contribution in [0, 0.1) is 0 Å². The molecular weight excluding hydrogens is 296 g/mol. The number of amides is 1. The number of ether oxygens (including phenoxy) is 2. The first-order valence-electron chi connectivity index (χ1n) is 6.87. The topological polar surface area (TPSA) is 77.0 Å². The van der Waals surface area contributed by atoms with Crippen LogP contribution < -0.4 is 10.2 Å². The molecule has 118 valence electrons. The lowest BCUT2D eigenvalue weighted by molar-refractivity contribution is -0.142. The van der Waals surface area contributed by atoms with Crippen molar-refractivity contribution in [2.45, 2.75) is 0 Å². The second-order valence-electron chi connectivity index (χ2n) is 4.50. The van der Waals surface area contributed by atoms with Gasteiger partial charge in [-0.2, -0.15) is 5.10 Å². The van der Waals surface area contributed by atoms with Crippen molar-refractivity contribution in [3.8, 4) is 5.75 Å². The summed E-state index contributed by atoms with van der Waals surface area (Å²) >= 11 is 0. The number of hydrogen-bond donors (Lipinski definition) is 1. The van der Waals surface area contributed by atoms with Gasteiger partial charge in [0, 0.05) is 5.56 Å². The van der Waals surface area contributed by atoms with Gasteiger partial charge in [0.05, 0.1) is 13.3 Å². The van der Waals surface area contributed by atoms with Crippen molar-refractivity contribution in [1.29, 1.82) is 0 Å². The Labute approximate surface area is 133 Å². The van der Waals surface area contributed by atoms with E-state index in [0.717, 1.165) is 5.56 Å². The smallest absolute Gasteiger partial charge is 0.343 e. The van der Waals surface area contributed by atoms with E-state index in [2.05, 4.69) is 15.3 Å². The van der Waals surface area contributed by atoms with E-state index in [-0.39, 0.29) is 12.5 Å². The molecule has 23 heavy (non-hydrogen) atoms. The van der Waals surface area contributed by atoms with Crippen molar-refractivity contribution in [3.05, 3.63) is 65.7 Å². The fourth-order valence-electron chi connectivity index (χ4n) is 1.67. The average molecular weight is 312 g/mol. The number of nitrogens with one attached hydrogen (secondary N) is 1. The Morgan fingerprint density at radius 3 is 2.43 bits per heavy atom. The lowest BCUT2D eigenvalue weighted by Crippen LogP contribution is -2.17. The summed E-state index contributed by atoms with van der Waals surface area (Å²) in [6, 6.07) is 15.7. The number of benzene rings is 2. The maximum atomic E-state index is 11.8. The highest BCUT2D eigenvalue weighted by molar-refractivity contribution is 5.94. The third-order valence-electron chi connectivity index (χ3n) is 2.88. The van der Waals surface area contributed by atoms with E-state index < -0.39 is 5.97 Å². The molecule has 0 spiro atoms. The Morgan fingerprint density at radius 2 is 1.78 bits per heavy atom. The Morgan fingerprint density at radius 1 is 1.09 bits per heavy atom. The van der Waals surface area contributed by atoms with E-state index in [1.165, 1.54) is 13.3 Å². The van der Waals surface area contributed by atoms with Crippen molar-refractivity contribution in [2.75, 3.05) is 13.7 Å². The fraction of sp³-hybridized carbons (Fsp3) is 0.118. The molecule has 2 aromatic rings. The van der Waals surface area contributed by atoms with Gasteiger partial charge in [-0.3, -0.25) is 4.79 Å². The molecule has 0 radical (unpaired) electrons. The molecule has 1 amide bonds. The van der Waals surface area contributed by atoms with Crippen LogP contribution in [-0.4, -0.2) is 31.8 Å². The van der Waals surface area contributed by atoms with Gasteiger partial charge in [0.1, 0.15) is 5.75 Å². The second kappa shape index (κ2) is 8.33. The zero-order valence-corrected chi connectivity index (χ0v) is 12.6. The van der Waals surface area contributed by atoms with Gasteiger partial charge in [0.15, 0.2) is 6.61 Å². The van der Waals surface area contributed by atoms with Gasteiger partial charge >= 0.3 is 5.97 Å². The molecule has 0 atom stereocenters. The van der Waals surface area contributed by atoms with E-state index in [0.29, 0.717) is 11.3 Å². The molecule has 1 N–H and O–H groups in total. The molecular formula is C17H16N2O4. The lowest BCUT2D eigenvalue weighted by atomic mass is 10.2. The predicted octanol–water partition coefficient (Wildman–Crippen LogP) is 2.00. The number of carbonyl (C=O) groups excluding carboxylic acids is 2. The summed E-state index contributed by atoms with van der Waals surface area (Å²) in [5.41, 5.74) is 3.77. The summed E-state index contributed by atoms with van der Waals surface area (Å²) < 4.78 is 9.71. The van der Waals surface area contributed by atoms with Gasteiger partial charge in [0.2, 0.25) is 0 Å². The Kier molecular flexibility index (Phi) is 5.88. The van der Waals surface area contributed by atoms with Gasteiger partial charge in [-0.05, 0) is 42.0 Å². The first-order chi connectivity index (χ1) is 11.2. The SMILES string of the molecule is COC(=O)COc1ccc(/C=N/NC(=O)c2ccccc2)cc1. The summed E-state index contributed by atoms with van der Waals surface area (Å²) in [6.45, 7) is -0.142. The Hall–Kier alpha value is -3.15. The predicted molar refractivity (Wildman–Crippen MR) is 85.5 cm³/mol. The molecule has 2 aromatic carbocycles. The zero-order valence-electron chi connectivity index (χ0n) is 12.6. The fourth-order valence-corrected chi connectivity index (χ4v) is 1.67. The number of esters is 1. The summed E-state index contributed by atoms with van der Waals surface area (Å²) in [4.78, 5) is 22.7. The first kappa shape index (κ1) is 16.2. The zero-order chi connectivity index (χ0) is 16.5. The number of hydrogen-bond acceptors (Lipinski definition) is 5. The molecule has 0 aliphatic heterocycles. The quantitative estimate of drug-likeness (QED) is 0.503. The maximum absolute atomic E-state index is 11.8. The lowest BCUT2D eigenvalue weighted by Gasteiger charge is -2.04. The minimum atomic E-state index is -0.445. The molecule has 0 aliphatic carbocycles. The van der Waals surface area contributed by atoms with Crippen molar-refractivity contribution in [3.63, 3.8) is 0 Å². The van der Waals surface area contributed by atoms with Crippen molar-refractivity contribution in [1.82, 2.24) is 5.43 Å². The molecule has 0 fully saturated rings. The van der Waals surface area contributed by atoms with Gasteiger partial charge in [-0.25, -0.2) is 10.2 Å². The van der Waals surface area contributed by atoms with Crippen LogP contribution in [0.1, 0.15) is 15.9 Å². The average Bonchev–Trinajstić information content (AvgIpc) is 2.61. The molecule has 2 rings (SSSR count). The van der Waals surface area contributed by atoms with Crippen LogP contribution in [0.25, 0.3) is 0 Å². The molecule has 6 heteroatoms. The van der Waals surface area contributed by atoms with E-state index >= 15 is 0 Å². The van der Waals surface area contributed by atoms with E-state index in [1.807, 2.05) is 6.07 Å². The number of hydrazone groups is 1. The molecule has 0 aromatic heterocycles. The minimum Gasteiger partial charge on any atom is -0.482 e. The van der Waals surface area contributed by atoms with E-state index in [1.54, 1.807) is 48.5 Å². The van der Waals surface area contributed by atoms with E-state index in [4.69, 9.17) is 4.74 Å². The van der Waals surface area contributed by atoms with Crippen LogP contribution in [-0.2, 0) is 9.53 Å². The normalized spacial score (nSPS) is 10.3. The molecule has 0 bridgehead atoms. The van der Waals surface area contributed by atoms with Gasteiger partial charge in [0.25, 0.3) is 5.91 Å². The largest absolute Gasteiger partial charge is 0.482 e. The number of rotatable bonds is 6. The van der Waals surface area contributed by atoms with Gasteiger partial charge < -0.3 is 9.47 Å². The molecule has 0 saturated heterocycles. The number of nitrogens with zero attached hydrogens (tertiary/aromatic N) is 1. The highest BCUT2D eigenvalue weighted by atomic mass is 16.6. The van der Waals surface area contributed by atoms with E-state index in [9.17, 15) is 9.59 Å². The Bertz CT molecular complexity index is 681. The van der Waals surface area contributed by atoms with Crippen LogP contribution in [0.3, 0.4) is 0 Å². The minimum absolute atomic E-state index is 0.142. The second-order valence-corrected chi connectivity index (χ2v) is 4.50. The molecule has 6 nitrogen and oxygen atoms in total. The molecule has 0 saturated carbocycles. The summed E-state index contributed by atoms with van der Waals surface area (Å²) in [5, 5.41) is 3.90. The maximum Gasteiger partial charge on any atom is 0.343 e. The van der Waals surface area contributed by atoms with Crippen molar-refractivity contribution in [2.24, 2.45) is 5.10 Å². The van der Waals surface area contributed by atoms with Gasteiger partial charge in [-0.1, -0.05) is 18.2 Å². The summed E-state index contributed by atoms with van der Waals surface area (Å²) in [5.74, 6) is -0.181. The van der Waals surface area contributed by atoms with Crippen LogP contribution in [0.2, 0.25) is 0 Å². The third kappa shape index (κ3) is 5.28. The molecule has 0 unspecified atom stereocenters. The Balaban J connectivity index is 1.85. The summed E-state index contributed by atoms with van der Waals surface area (Å²) in [6.07, 6.45) is 1.52. The highest BCUT2D eigenvalue weighted by Crippen LogP contribution is 2.11. The molecule has 0 heterocycles. The third-order valence-corrected chi connectivity index (χ3v) is 2.88. The number of carbonyl (C=O) groups is 2. The molecule has 0 aliphatic rings. The van der Waals surface area contributed by atoms with Gasteiger partial charge in [-0.15, -0.1) is 0 Å². The van der Waals surface area contributed by atoms with Crippen LogP contribution in [0.5, 0.6) is 5.75 Å². The highest BCUT2D eigenvalue weighted by Gasteiger charge is 2.02. The van der Waals surface area contributed by atoms with Crippen molar-refractivity contribution < 1.29 is 19.1 Å². The first-order valence-corrected chi connectivity index (χ1v) is 6.87. The van der Waals surface area contributed by atoms with Crippen molar-refractivity contribution >= 4 is 18.1 Å².